The van der Waals surface area contributed by atoms with E-state index in [4.69, 9.17) is 18.9 Å². The molecule has 0 radical (unpaired) electrons. The van der Waals surface area contributed by atoms with Crippen LogP contribution in [0.3, 0.4) is 0 Å². The van der Waals surface area contributed by atoms with Crippen LogP contribution in [0.25, 0.3) is 6.08 Å². The summed E-state index contributed by atoms with van der Waals surface area (Å²) in [7, 11) is 1.70. The lowest BCUT2D eigenvalue weighted by molar-refractivity contribution is 0.174. The van der Waals surface area contributed by atoms with E-state index in [1.807, 2.05) is 24.3 Å². The SMILES string of the molecule is CCC1Cc2cc(OCc3ccccc3)c(OC)cc2C(/C=C/c2cc3c(cc2C)OCO3)N1. The maximum absolute atomic E-state index is 6.18. The van der Waals surface area contributed by atoms with Gasteiger partial charge in [-0.1, -0.05) is 49.4 Å². The fourth-order valence-electron chi connectivity index (χ4n) is 4.62. The molecule has 2 atom stereocenters. The molecule has 5 nitrogen and oxygen atoms in total. The first-order valence-corrected chi connectivity index (χ1v) is 11.9. The summed E-state index contributed by atoms with van der Waals surface area (Å²) in [4.78, 5) is 0. The molecular weight excluding hydrogens is 426 g/mol. The maximum Gasteiger partial charge on any atom is 0.231 e. The number of hydrogen-bond acceptors (Lipinski definition) is 5. The van der Waals surface area contributed by atoms with Crippen LogP contribution in [0.15, 0.2) is 60.7 Å². The quantitative estimate of drug-likeness (QED) is 0.472. The molecule has 0 saturated carbocycles. The molecule has 0 spiro atoms. The zero-order valence-electron chi connectivity index (χ0n) is 20.0. The predicted octanol–water partition coefficient (Wildman–Crippen LogP) is 5.99. The number of hydrogen-bond donors (Lipinski definition) is 1. The van der Waals surface area contributed by atoms with Crippen molar-refractivity contribution in [2.24, 2.45) is 0 Å². The normalized spacial score (nSPS) is 18.7. The first-order valence-electron chi connectivity index (χ1n) is 11.9. The lowest BCUT2D eigenvalue weighted by Gasteiger charge is -2.32. The van der Waals surface area contributed by atoms with E-state index in [-0.39, 0.29) is 12.8 Å². The van der Waals surface area contributed by atoms with Crippen molar-refractivity contribution in [2.75, 3.05) is 13.9 Å². The van der Waals surface area contributed by atoms with Crippen molar-refractivity contribution >= 4 is 6.08 Å². The summed E-state index contributed by atoms with van der Waals surface area (Å²) in [6, 6.07) is 19.1. The number of benzene rings is 3. The Balaban J connectivity index is 1.43. The van der Waals surface area contributed by atoms with Crippen LogP contribution in [0, 0.1) is 6.92 Å². The van der Waals surface area contributed by atoms with Crippen molar-refractivity contribution < 1.29 is 18.9 Å². The lowest BCUT2D eigenvalue weighted by Crippen LogP contribution is -2.38. The summed E-state index contributed by atoms with van der Waals surface area (Å²) in [5.41, 5.74) is 5.94. The van der Waals surface area contributed by atoms with Gasteiger partial charge >= 0.3 is 0 Å². The Morgan fingerprint density at radius 2 is 1.82 bits per heavy atom. The topological polar surface area (TPSA) is 49.0 Å². The summed E-state index contributed by atoms with van der Waals surface area (Å²) >= 11 is 0. The molecule has 2 unspecified atom stereocenters. The zero-order valence-corrected chi connectivity index (χ0v) is 20.0. The number of aryl methyl sites for hydroxylation is 1. The Morgan fingerprint density at radius 1 is 1.03 bits per heavy atom. The van der Waals surface area contributed by atoms with Crippen LogP contribution in [0.4, 0.5) is 0 Å². The van der Waals surface area contributed by atoms with Crippen LogP contribution >= 0.6 is 0 Å². The predicted molar refractivity (Wildman–Crippen MR) is 134 cm³/mol. The first kappa shape index (κ1) is 22.4. The molecular formula is C29H31NO4. The highest BCUT2D eigenvalue weighted by atomic mass is 16.7. The van der Waals surface area contributed by atoms with E-state index in [0.717, 1.165) is 52.5 Å². The Morgan fingerprint density at radius 3 is 2.59 bits per heavy atom. The molecule has 0 bridgehead atoms. The Labute approximate surface area is 201 Å². The second-order valence-corrected chi connectivity index (χ2v) is 8.85. The molecule has 176 valence electrons. The van der Waals surface area contributed by atoms with Crippen molar-refractivity contribution in [1.82, 2.24) is 5.32 Å². The van der Waals surface area contributed by atoms with E-state index < -0.39 is 0 Å². The van der Waals surface area contributed by atoms with Gasteiger partial charge in [-0.3, -0.25) is 0 Å². The average Bonchev–Trinajstić information content (AvgIpc) is 3.32. The molecule has 3 aromatic carbocycles. The van der Waals surface area contributed by atoms with Crippen molar-refractivity contribution in [3.8, 4) is 23.0 Å². The van der Waals surface area contributed by atoms with Crippen molar-refractivity contribution in [3.05, 3.63) is 88.5 Å². The maximum atomic E-state index is 6.18. The minimum atomic E-state index is 0.0793. The van der Waals surface area contributed by atoms with Gasteiger partial charge in [-0.05, 0) is 71.8 Å². The van der Waals surface area contributed by atoms with Crippen molar-refractivity contribution in [1.29, 1.82) is 0 Å². The van der Waals surface area contributed by atoms with Crippen LogP contribution in [-0.2, 0) is 13.0 Å². The summed E-state index contributed by atoms with van der Waals surface area (Å²) in [6.45, 7) is 5.12. The van der Waals surface area contributed by atoms with Crippen LogP contribution in [0.1, 0.15) is 47.2 Å². The zero-order chi connectivity index (χ0) is 23.5. The van der Waals surface area contributed by atoms with Gasteiger partial charge in [-0.2, -0.15) is 0 Å². The van der Waals surface area contributed by atoms with Gasteiger partial charge in [0.25, 0.3) is 0 Å². The highest BCUT2D eigenvalue weighted by Crippen LogP contribution is 2.39. The van der Waals surface area contributed by atoms with Gasteiger partial charge < -0.3 is 24.3 Å². The Bertz CT molecular complexity index is 1190. The molecule has 0 aliphatic carbocycles. The molecule has 1 N–H and O–H groups in total. The molecule has 34 heavy (non-hydrogen) atoms. The minimum absolute atomic E-state index is 0.0793. The lowest BCUT2D eigenvalue weighted by atomic mass is 9.88. The van der Waals surface area contributed by atoms with E-state index in [1.165, 1.54) is 11.1 Å². The number of nitrogens with one attached hydrogen (secondary N) is 1. The number of fused-ring (bicyclic) bond motifs is 2. The van der Waals surface area contributed by atoms with Gasteiger partial charge in [0.2, 0.25) is 6.79 Å². The van der Waals surface area contributed by atoms with Crippen LogP contribution < -0.4 is 24.3 Å². The van der Waals surface area contributed by atoms with Gasteiger partial charge in [0, 0.05) is 6.04 Å². The van der Waals surface area contributed by atoms with Crippen LogP contribution in [0.2, 0.25) is 0 Å². The first-order chi connectivity index (χ1) is 16.6. The summed E-state index contributed by atoms with van der Waals surface area (Å²) in [5.74, 6) is 3.16. The summed E-state index contributed by atoms with van der Waals surface area (Å²) in [5, 5.41) is 3.79. The smallest absolute Gasteiger partial charge is 0.231 e. The Hall–Kier alpha value is -3.44. The Kier molecular flexibility index (Phi) is 6.45. The minimum Gasteiger partial charge on any atom is -0.493 e. The van der Waals surface area contributed by atoms with E-state index in [2.05, 4.69) is 61.6 Å². The number of ether oxygens (including phenoxy) is 4. The monoisotopic (exact) mass is 457 g/mol. The molecule has 5 rings (SSSR count). The standard InChI is InChI=1S/C29H31NO4/c1-4-23-13-22-15-28(32-17-20-8-6-5-7-9-20)26(31-3)16-24(22)25(30-23)11-10-21-14-29-27(12-19(21)2)33-18-34-29/h5-12,14-16,23,25,30H,4,13,17-18H2,1-3H3/b11-10+. The fourth-order valence-corrected chi connectivity index (χ4v) is 4.62. The molecule has 0 saturated heterocycles. The van der Waals surface area contributed by atoms with Gasteiger partial charge in [0.1, 0.15) is 6.61 Å². The van der Waals surface area contributed by atoms with E-state index >= 15 is 0 Å². The second kappa shape index (κ2) is 9.82. The van der Waals surface area contributed by atoms with E-state index in [9.17, 15) is 0 Å². The second-order valence-electron chi connectivity index (χ2n) is 8.85. The molecule has 0 amide bonds. The van der Waals surface area contributed by atoms with E-state index in [1.54, 1.807) is 7.11 Å². The van der Waals surface area contributed by atoms with Gasteiger partial charge in [0.15, 0.2) is 23.0 Å². The molecule has 2 aliphatic heterocycles. The van der Waals surface area contributed by atoms with E-state index in [0.29, 0.717) is 12.6 Å². The number of methoxy groups -OCH3 is 1. The molecule has 3 aromatic rings. The molecule has 0 aromatic heterocycles. The van der Waals surface area contributed by atoms with Crippen molar-refractivity contribution in [2.45, 2.75) is 45.4 Å². The van der Waals surface area contributed by atoms with Gasteiger partial charge in [-0.25, -0.2) is 0 Å². The third-order valence-electron chi connectivity index (χ3n) is 6.60. The van der Waals surface area contributed by atoms with Crippen LogP contribution in [0.5, 0.6) is 23.0 Å². The largest absolute Gasteiger partial charge is 0.493 e. The van der Waals surface area contributed by atoms with Crippen LogP contribution in [-0.4, -0.2) is 19.9 Å². The number of rotatable bonds is 7. The molecule has 0 fully saturated rings. The third-order valence-corrected chi connectivity index (χ3v) is 6.60. The fraction of sp³-hybridized carbons (Fsp3) is 0.310. The molecule has 2 aliphatic rings. The highest BCUT2D eigenvalue weighted by Gasteiger charge is 2.26. The summed E-state index contributed by atoms with van der Waals surface area (Å²) in [6.07, 6.45) is 6.42. The average molecular weight is 458 g/mol. The highest BCUT2D eigenvalue weighted by molar-refractivity contribution is 5.62. The van der Waals surface area contributed by atoms with Crippen molar-refractivity contribution in [3.63, 3.8) is 0 Å². The van der Waals surface area contributed by atoms with Gasteiger partial charge in [-0.15, -0.1) is 0 Å². The molecule has 5 heteroatoms. The summed E-state index contributed by atoms with van der Waals surface area (Å²) < 4.78 is 23.0. The molecule has 2 heterocycles. The third kappa shape index (κ3) is 4.62. The van der Waals surface area contributed by atoms with Gasteiger partial charge in [0.05, 0.1) is 13.2 Å².